The molecule has 8 nitrogen and oxygen atoms in total. The number of benzene rings is 2. The minimum absolute atomic E-state index is 0.0219. The molecule has 13 heteroatoms. The van der Waals surface area contributed by atoms with Crippen molar-refractivity contribution in [2.45, 2.75) is 15.3 Å². The molecule has 0 amide bonds. The molecule has 3 N–H and O–H groups in total. The lowest BCUT2D eigenvalue weighted by Gasteiger charge is -2.13. The first kappa shape index (κ1) is 20.8. The van der Waals surface area contributed by atoms with Crippen LogP contribution in [0.3, 0.4) is 0 Å². The molecule has 0 saturated heterocycles. The van der Waals surface area contributed by atoms with Gasteiger partial charge in [-0.3, -0.25) is 14.3 Å². The molecule has 3 aromatic rings. The molecule has 2 aromatic carbocycles. The summed E-state index contributed by atoms with van der Waals surface area (Å²) in [5.41, 5.74) is -6.11. The van der Waals surface area contributed by atoms with Gasteiger partial charge in [0.25, 0.3) is 10.0 Å². The van der Waals surface area contributed by atoms with Gasteiger partial charge in [0.1, 0.15) is 10.6 Å². The molecular formula is C16H12F3N3O5S2. The van der Waals surface area contributed by atoms with E-state index in [0.29, 0.717) is 0 Å². The van der Waals surface area contributed by atoms with E-state index in [0.717, 1.165) is 18.2 Å². The van der Waals surface area contributed by atoms with Crippen LogP contribution in [0, 0.1) is 0 Å². The highest BCUT2D eigenvalue weighted by Gasteiger charge is 2.29. The first-order valence-corrected chi connectivity index (χ1v) is 10.0. The molecule has 0 aliphatic heterocycles. The number of hydrogen-bond acceptors (Lipinski definition) is 6. The second-order valence-corrected chi connectivity index (χ2v) is 8.42. The normalized spacial score (nSPS) is 12.1. The number of H-pyrrole nitrogens is 2. The maximum Gasteiger partial charge on any atom is 0.446 e. The van der Waals surface area contributed by atoms with Gasteiger partial charge in [0, 0.05) is 16.6 Å². The number of ether oxygens (including phenoxy) is 1. The van der Waals surface area contributed by atoms with Crippen LogP contribution in [0.15, 0.2) is 55.8 Å². The number of fused-ring (bicyclic) bond motifs is 1. The third-order valence-corrected chi connectivity index (χ3v) is 5.78. The van der Waals surface area contributed by atoms with Crippen LogP contribution in [0.25, 0.3) is 11.0 Å². The standard InChI is InChI=1S/C16H12F3N3O5S2/c1-27-12-6-10-11(21-15(24)14(23)20-10)7-13(12)29(25,26)22-8-2-4-9(5-3-8)28-16(17,18)19/h2-7,22H,1H3,(H,20,23)(H,21,24). The Morgan fingerprint density at radius 3 is 2.07 bits per heavy atom. The number of sulfonamides is 1. The highest BCUT2D eigenvalue weighted by molar-refractivity contribution is 8.00. The van der Waals surface area contributed by atoms with E-state index in [1.807, 2.05) is 0 Å². The average Bonchev–Trinajstić information content (AvgIpc) is 2.62. The van der Waals surface area contributed by atoms with Gasteiger partial charge in [-0.1, -0.05) is 0 Å². The van der Waals surface area contributed by atoms with Gasteiger partial charge >= 0.3 is 16.6 Å². The second kappa shape index (κ2) is 7.48. The Balaban J connectivity index is 1.98. The van der Waals surface area contributed by atoms with E-state index in [2.05, 4.69) is 14.7 Å². The lowest BCUT2D eigenvalue weighted by atomic mass is 10.3. The zero-order valence-corrected chi connectivity index (χ0v) is 16.1. The fourth-order valence-electron chi connectivity index (χ4n) is 2.43. The number of thioether (sulfide) groups is 1. The molecule has 0 fully saturated rings. The first-order valence-electron chi connectivity index (χ1n) is 7.71. The quantitative estimate of drug-likeness (QED) is 0.408. The van der Waals surface area contributed by atoms with Gasteiger partial charge in [-0.25, -0.2) is 8.42 Å². The van der Waals surface area contributed by atoms with Gasteiger partial charge in [0.2, 0.25) is 0 Å². The SMILES string of the molecule is COc1cc2[nH]c(=O)c(=O)[nH]c2cc1S(=O)(=O)Nc1ccc(SC(F)(F)F)cc1. The predicted octanol–water partition coefficient (Wildman–Crippen LogP) is 2.64. The Labute approximate surface area is 165 Å². The number of nitrogens with one attached hydrogen (secondary N) is 3. The third-order valence-electron chi connectivity index (χ3n) is 3.64. The average molecular weight is 447 g/mol. The van der Waals surface area contributed by atoms with Gasteiger partial charge in [-0.2, -0.15) is 13.2 Å². The lowest BCUT2D eigenvalue weighted by molar-refractivity contribution is -0.0328. The van der Waals surface area contributed by atoms with Crippen molar-refractivity contribution in [1.29, 1.82) is 0 Å². The number of aromatic amines is 2. The fraction of sp³-hybridized carbons (Fsp3) is 0.125. The monoisotopic (exact) mass is 447 g/mol. The lowest BCUT2D eigenvalue weighted by Crippen LogP contribution is -2.29. The van der Waals surface area contributed by atoms with Crippen LogP contribution in [-0.4, -0.2) is 31.0 Å². The summed E-state index contributed by atoms with van der Waals surface area (Å²) in [4.78, 5) is 27.0. The second-order valence-electron chi connectivity index (χ2n) is 5.63. The summed E-state index contributed by atoms with van der Waals surface area (Å²) in [5, 5.41) is 0. The van der Waals surface area contributed by atoms with E-state index in [1.165, 1.54) is 25.3 Å². The van der Waals surface area contributed by atoms with Gasteiger partial charge in [0.15, 0.2) is 0 Å². The van der Waals surface area contributed by atoms with E-state index < -0.39 is 26.7 Å². The number of rotatable bonds is 5. The molecule has 0 atom stereocenters. The molecular weight excluding hydrogens is 435 g/mol. The number of methoxy groups -OCH3 is 1. The summed E-state index contributed by atoms with van der Waals surface area (Å²) >= 11 is -0.326. The Morgan fingerprint density at radius 2 is 1.55 bits per heavy atom. The molecule has 1 aromatic heterocycles. The van der Waals surface area contributed by atoms with Crippen LogP contribution in [0.1, 0.15) is 0 Å². The summed E-state index contributed by atoms with van der Waals surface area (Å²) < 4.78 is 70.0. The van der Waals surface area contributed by atoms with Crippen LogP contribution in [-0.2, 0) is 10.0 Å². The van der Waals surface area contributed by atoms with E-state index in [-0.39, 0.29) is 44.0 Å². The maximum atomic E-state index is 12.8. The van der Waals surface area contributed by atoms with Crippen molar-refractivity contribution in [3.8, 4) is 5.75 Å². The Bertz CT molecular complexity index is 1280. The molecule has 0 saturated carbocycles. The zero-order valence-electron chi connectivity index (χ0n) is 14.5. The van der Waals surface area contributed by atoms with Crippen LogP contribution in [0.4, 0.5) is 18.9 Å². The summed E-state index contributed by atoms with van der Waals surface area (Å²) in [5.74, 6) is -0.114. The molecule has 0 spiro atoms. The smallest absolute Gasteiger partial charge is 0.446 e. The van der Waals surface area contributed by atoms with E-state index >= 15 is 0 Å². The van der Waals surface area contributed by atoms with Crippen molar-refractivity contribution in [2.75, 3.05) is 11.8 Å². The summed E-state index contributed by atoms with van der Waals surface area (Å²) in [7, 11) is -3.02. The molecule has 0 aliphatic rings. The molecule has 29 heavy (non-hydrogen) atoms. The fourth-order valence-corrected chi connectivity index (χ4v) is 4.21. The van der Waals surface area contributed by atoms with Crippen LogP contribution < -0.4 is 20.6 Å². The Morgan fingerprint density at radius 1 is 1.00 bits per heavy atom. The van der Waals surface area contributed by atoms with Crippen molar-refractivity contribution in [3.63, 3.8) is 0 Å². The third kappa shape index (κ3) is 4.74. The Kier molecular flexibility index (Phi) is 5.36. The largest absolute Gasteiger partial charge is 0.495 e. The number of aromatic nitrogens is 2. The van der Waals surface area contributed by atoms with E-state index in [4.69, 9.17) is 4.74 Å². The highest BCUT2D eigenvalue weighted by atomic mass is 32.2. The van der Waals surface area contributed by atoms with Crippen LogP contribution in [0.5, 0.6) is 5.75 Å². The van der Waals surface area contributed by atoms with Crippen molar-refractivity contribution >= 4 is 38.5 Å². The minimum Gasteiger partial charge on any atom is -0.495 e. The van der Waals surface area contributed by atoms with Gasteiger partial charge in [-0.05, 0) is 42.1 Å². The summed E-state index contributed by atoms with van der Waals surface area (Å²) in [6.45, 7) is 0. The Hall–Kier alpha value is -2.93. The van der Waals surface area contributed by atoms with Gasteiger partial charge in [-0.15, -0.1) is 0 Å². The predicted molar refractivity (Wildman–Crippen MR) is 101 cm³/mol. The van der Waals surface area contributed by atoms with Crippen molar-refractivity contribution in [2.24, 2.45) is 0 Å². The highest BCUT2D eigenvalue weighted by Crippen LogP contribution is 2.37. The summed E-state index contributed by atoms with van der Waals surface area (Å²) in [6.07, 6.45) is 0. The zero-order chi connectivity index (χ0) is 21.4. The molecule has 3 rings (SSSR count). The topological polar surface area (TPSA) is 121 Å². The number of alkyl halides is 3. The number of halogens is 3. The molecule has 0 bridgehead atoms. The van der Waals surface area contributed by atoms with E-state index in [1.54, 1.807) is 0 Å². The maximum absolute atomic E-state index is 12.8. The van der Waals surface area contributed by atoms with Crippen molar-refractivity contribution in [3.05, 3.63) is 57.1 Å². The van der Waals surface area contributed by atoms with Crippen LogP contribution >= 0.6 is 11.8 Å². The van der Waals surface area contributed by atoms with Crippen molar-refractivity contribution in [1.82, 2.24) is 9.97 Å². The molecule has 0 unspecified atom stereocenters. The number of anilines is 1. The molecule has 0 radical (unpaired) electrons. The van der Waals surface area contributed by atoms with Crippen molar-refractivity contribution < 1.29 is 26.3 Å². The van der Waals surface area contributed by atoms with Crippen LogP contribution in [0.2, 0.25) is 0 Å². The minimum atomic E-state index is -4.46. The van der Waals surface area contributed by atoms with E-state index in [9.17, 15) is 31.2 Å². The van der Waals surface area contributed by atoms with Gasteiger partial charge in [0.05, 0.1) is 18.1 Å². The molecule has 154 valence electrons. The molecule has 1 heterocycles. The van der Waals surface area contributed by atoms with Gasteiger partial charge < -0.3 is 14.7 Å². The first-order chi connectivity index (χ1) is 13.5. The number of hydrogen-bond donors (Lipinski definition) is 3. The summed E-state index contributed by atoms with van der Waals surface area (Å²) in [6, 6.07) is 6.93. The molecule has 0 aliphatic carbocycles.